The molecule has 2 N–H and O–H groups in total. The van der Waals surface area contributed by atoms with Crippen LogP contribution in [0.15, 0.2) is 65.8 Å². The summed E-state index contributed by atoms with van der Waals surface area (Å²) in [7, 11) is 1.38. The van der Waals surface area contributed by atoms with Crippen LogP contribution in [-0.2, 0) is 4.79 Å². The fourth-order valence-electron chi connectivity index (χ4n) is 2.97. The van der Waals surface area contributed by atoms with Crippen molar-refractivity contribution in [3.8, 4) is 11.5 Å². The highest BCUT2D eigenvalue weighted by molar-refractivity contribution is 6.31. The van der Waals surface area contributed by atoms with Crippen LogP contribution in [0.5, 0.6) is 11.5 Å². The molecular weight excluding hydrogens is 492 g/mol. The molecular formula is C24H19ClN4O7. The molecule has 184 valence electrons. The van der Waals surface area contributed by atoms with Gasteiger partial charge in [-0.3, -0.25) is 19.7 Å². The largest absolute Gasteiger partial charge is 0.496 e. The summed E-state index contributed by atoms with van der Waals surface area (Å²) in [5.41, 5.74) is 2.87. The summed E-state index contributed by atoms with van der Waals surface area (Å²) in [6, 6.07) is 14.0. The summed E-state index contributed by atoms with van der Waals surface area (Å²) in [6.45, 7) is 1.36. The SMILES string of the molecule is COc1ccc(Cl)cc1C(=O)Oc1ccc([N+](=O)[O-])cc1/C=N/NC(=O)c1ccc(NC(C)=O)cc1. The lowest BCUT2D eigenvalue weighted by atomic mass is 10.1. The summed E-state index contributed by atoms with van der Waals surface area (Å²) >= 11 is 5.97. The van der Waals surface area contributed by atoms with Crippen LogP contribution in [-0.4, -0.2) is 36.0 Å². The quantitative estimate of drug-likeness (QED) is 0.151. The van der Waals surface area contributed by atoms with Crippen molar-refractivity contribution in [1.82, 2.24) is 5.43 Å². The molecule has 0 saturated heterocycles. The number of carbonyl (C=O) groups excluding carboxylic acids is 3. The van der Waals surface area contributed by atoms with E-state index < -0.39 is 16.8 Å². The first-order chi connectivity index (χ1) is 17.2. The molecule has 12 heteroatoms. The minimum atomic E-state index is -0.818. The molecule has 0 saturated carbocycles. The number of anilines is 1. The average molecular weight is 511 g/mol. The number of methoxy groups -OCH3 is 1. The summed E-state index contributed by atoms with van der Waals surface area (Å²) in [5, 5.41) is 17.9. The lowest BCUT2D eigenvalue weighted by Gasteiger charge is -2.10. The molecule has 0 aliphatic rings. The van der Waals surface area contributed by atoms with E-state index in [0.29, 0.717) is 5.69 Å². The number of carbonyl (C=O) groups is 3. The molecule has 0 aliphatic heterocycles. The molecule has 36 heavy (non-hydrogen) atoms. The number of hydrogen-bond donors (Lipinski definition) is 2. The van der Waals surface area contributed by atoms with Gasteiger partial charge in [0.1, 0.15) is 17.1 Å². The average Bonchev–Trinajstić information content (AvgIpc) is 2.84. The minimum Gasteiger partial charge on any atom is -0.496 e. The van der Waals surface area contributed by atoms with Gasteiger partial charge in [-0.25, -0.2) is 10.2 Å². The van der Waals surface area contributed by atoms with Crippen LogP contribution < -0.4 is 20.2 Å². The van der Waals surface area contributed by atoms with Crippen LogP contribution in [0.25, 0.3) is 0 Å². The van der Waals surface area contributed by atoms with Gasteiger partial charge in [-0.2, -0.15) is 5.10 Å². The standard InChI is InChI=1S/C24H19ClN4O7/c1-14(30)27-18-6-3-15(4-7-18)23(31)28-26-13-16-11-19(29(33)34)8-10-21(16)36-24(32)20-12-17(25)5-9-22(20)35-2/h3-13H,1-2H3,(H,27,30)(H,28,31)/b26-13+. The van der Waals surface area contributed by atoms with Gasteiger partial charge in [-0.05, 0) is 48.5 Å². The number of amides is 2. The number of esters is 1. The topological polar surface area (TPSA) is 149 Å². The number of non-ortho nitro benzene ring substituents is 1. The second-order valence-corrected chi connectivity index (χ2v) is 7.61. The van der Waals surface area contributed by atoms with E-state index in [0.717, 1.165) is 18.3 Å². The zero-order valence-corrected chi connectivity index (χ0v) is 19.7. The number of nitrogens with one attached hydrogen (secondary N) is 2. The first-order valence-electron chi connectivity index (χ1n) is 10.2. The number of nitrogens with zero attached hydrogens (tertiary/aromatic N) is 2. The van der Waals surface area contributed by atoms with Gasteiger partial charge in [0.15, 0.2) is 0 Å². The minimum absolute atomic E-state index is 0.0438. The van der Waals surface area contributed by atoms with Gasteiger partial charge in [0, 0.05) is 40.9 Å². The highest BCUT2D eigenvalue weighted by atomic mass is 35.5. The van der Waals surface area contributed by atoms with Crippen LogP contribution in [0.3, 0.4) is 0 Å². The van der Waals surface area contributed by atoms with Crippen LogP contribution >= 0.6 is 11.6 Å². The van der Waals surface area contributed by atoms with Crippen molar-refractivity contribution < 1.29 is 28.8 Å². The lowest BCUT2D eigenvalue weighted by molar-refractivity contribution is -0.384. The Morgan fingerprint density at radius 3 is 2.36 bits per heavy atom. The Morgan fingerprint density at radius 1 is 1.03 bits per heavy atom. The Morgan fingerprint density at radius 2 is 1.72 bits per heavy atom. The Balaban J connectivity index is 1.81. The van der Waals surface area contributed by atoms with Crippen LogP contribution in [0.1, 0.15) is 33.2 Å². The summed E-state index contributed by atoms with van der Waals surface area (Å²) < 4.78 is 10.6. The molecule has 3 rings (SSSR count). The van der Waals surface area contributed by atoms with Gasteiger partial charge in [-0.1, -0.05) is 11.6 Å². The number of nitro benzene ring substituents is 1. The van der Waals surface area contributed by atoms with Crippen LogP contribution in [0, 0.1) is 10.1 Å². The van der Waals surface area contributed by atoms with E-state index in [1.807, 2.05) is 0 Å². The molecule has 2 amide bonds. The smallest absolute Gasteiger partial charge is 0.347 e. The third-order valence-corrected chi connectivity index (χ3v) is 4.86. The molecule has 3 aromatic rings. The van der Waals surface area contributed by atoms with E-state index in [2.05, 4.69) is 15.8 Å². The Hall–Kier alpha value is -4.77. The van der Waals surface area contributed by atoms with Gasteiger partial charge < -0.3 is 14.8 Å². The van der Waals surface area contributed by atoms with E-state index in [1.54, 1.807) is 12.1 Å². The number of rotatable bonds is 8. The number of ether oxygens (including phenoxy) is 2. The number of hydrazone groups is 1. The van der Waals surface area contributed by atoms with Crippen molar-refractivity contribution >= 4 is 47.0 Å². The van der Waals surface area contributed by atoms with E-state index in [1.165, 1.54) is 50.4 Å². The number of halogens is 1. The fraction of sp³-hybridized carbons (Fsp3) is 0.0833. The lowest BCUT2D eigenvalue weighted by Crippen LogP contribution is -2.18. The van der Waals surface area contributed by atoms with Gasteiger partial charge >= 0.3 is 5.97 Å². The predicted molar refractivity (Wildman–Crippen MR) is 132 cm³/mol. The zero-order valence-electron chi connectivity index (χ0n) is 19.0. The summed E-state index contributed by atoms with van der Waals surface area (Å²) in [6.07, 6.45) is 1.11. The van der Waals surface area contributed by atoms with Gasteiger partial charge in [0.05, 0.1) is 18.2 Å². The molecule has 0 radical (unpaired) electrons. The van der Waals surface area contributed by atoms with E-state index >= 15 is 0 Å². The summed E-state index contributed by atoms with van der Waals surface area (Å²) in [4.78, 5) is 46.8. The molecule has 3 aromatic carbocycles. The highest BCUT2D eigenvalue weighted by Gasteiger charge is 2.19. The van der Waals surface area contributed by atoms with Crippen molar-refractivity contribution in [3.05, 3.63) is 92.5 Å². The van der Waals surface area contributed by atoms with Gasteiger partial charge in [-0.15, -0.1) is 0 Å². The van der Waals surface area contributed by atoms with E-state index in [4.69, 9.17) is 21.1 Å². The van der Waals surface area contributed by atoms with Gasteiger partial charge in [0.2, 0.25) is 5.91 Å². The summed E-state index contributed by atoms with van der Waals surface area (Å²) in [5.74, 6) is -1.47. The van der Waals surface area contributed by atoms with Crippen molar-refractivity contribution in [2.24, 2.45) is 5.10 Å². The molecule has 0 unspecified atom stereocenters. The third-order valence-electron chi connectivity index (χ3n) is 4.63. The second-order valence-electron chi connectivity index (χ2n) is 7.17. The van der Waals surface area contributed by atoms with Crippen molar-refractivity contribution in [3.63, 3.8) is 0 Å². The zero-order chi connectivity index (χ0) is 26.2. The highest BCUT2D eigenvalue weighted by Crippen LogP contribution is 2.27. The fourth-order valence-corrected chi connectivity index (χ4v) is 3.14. The molecule has 0 aromatic heterocycles. The Labute approximate surface area is 209 Å². The number of hydrogen-bond acceptors (Lipinski definition) is 8. The maximum Gasteiger partial charge on any atom is 0.347 e. The molecule has 0 spiro atoms. The van der Waals surface area contributed by atoms with Crippen LogP contribution in [0.2, 0.25) is 5.02 Å². The second kappa shape index (κ2) is 11.6. The Bertz CT molecular complexity index is 1360. The maximum atomic E-state index is 12.7. The molecule has 0 atom stereocenters. The first kappa shape index (κ1) is 25.8. The first-order valence-corrected chi connectivity index (χ1v) is 10.6. The normalized spacial score (nSPS) is 10.5. The van der Waals surface area contributed by atoms with Crippen molar-refractivity contribution in [1.29, 1.82) is 0 Å². The van der Waals surface area contributed by atoms with E-state index in [-0.39, 0.29) is 44.8 Å². The number of benzene rings is 3. The molecule has 0 heterocycles. The van der Waals surface area contributed by atoms with Crippen molar-refractivity contribution in [2.45, 2.75) is 6.92 Å². The molecule has 0 bridgehead atoms. The van der Waals surface area contributed by atoms with Gasteiger partial charge in [0.25, 0.3) is 11.6 Å². The Kier molecular flexibility index (Phi) is 8.31. The molecule has 11 nitrogen and oxygen atoms in total. The molecule has 0 fully saturated rings. The predicted octanol–water partition coefficient (Wildman–Crippen LogP) is 4.20. The molecule has 0 aliphatic carbocycles. The van der Waals surface area contributed by atoms with E-state index in [9.17, 15) is 24.5 Å². The monoisotopic (exact) mass is 510 g/mol. The van der Waals surface area contributed by atoms with Crippen LogP contribution in [0.4, 0.5) is 11.4 Å². The third kappa shape index (κ3) is 6.64. The maximum absolute atomic E-state index is 12.7. The number of nitro groups is 1. The van der Waals surface area contributed by atoms with Crippen molar-refractivity contribution in [2.75, 3.05) is 12.4 Å².